The van der Waals surface area contributed by atoms with Gasteiger partial charge in [-0.1, -0.05) is 0 Å². The topological polar surface area (TPSA) is 65.4 Å². The number of nitrogens with zero attached hydrogens (tertiary/aromatic N) is 4. The number of hydrogen-bond acceptors (Lipinski definition) is 3. The van der Waals surface area contributed by atoms with Gasteiger partial charge < -0.3 is 0 Å². The molecular formula is C6HF3N4. The van der Waals surface area contributed by atoms with Gasteiger partial charge in [-0.15, -0.1) is 0 Å². The zero-order valence-corrected chi connectivity index (χ0v) is 6.00. The van der Waals surface area contributed by atoms with Crippen LogP contribution in [0.25, 0.3) is 0 Å². The summed E-state index contributed by atoms with van der Waals surface area (Å²) in [4.78, 5) is 2.93. The van der Waals surface area contributed by atoms with Crippen molar-refractivity contribution in [2.75, 3.05) is 0 Å². The van der Waals surface area contributed by atoms with Crippen molar-refractivity contribution in [2.45, 2.75) is 6.18 Å². The molecular weight excluding hydrogens is 185 g/mol. The summed E-state index contributed by atoms with van der Waals surface area (Å²) >= 11 is 0. The van der Waals surface area contributed by atoms with Gasteiger partial charge in [-0.25, -0.2) is 9.55 Å². The predicted molar refractivity (Wildman–Crippen MR) is 33.0 cm³/mol. The molecule has 0 radical (unpaired) electrons. The second-order valence-electron chi connectivity index (χ2n) is 2.03. The van der Waals surface area contributed by atoms with Crippen molar-refractivity contribution in [3.8, 4) is 12.3 Å². The highest BCUT2D eigenvalue weighted by molar-refractivity contribution is 5.22. The molecule has 0 atom stereocenters. The van der Waals surface area contributed by atoms with Gasteiger partial charge in [0.1, 0.15) is 6.07 Å². The third-order valence-electron chi connectivity index (χ3n) is 1.18. The fourth-order valence-electron chi connectivity index (χ4n) is 0.710. The summed E-state index contributed by atoms with van der Waals surface area (Å²) < 4.78 is 36.3. The Kier molecular flexibility index (Phi) is 1.95. The Bertz CT molecular complexity index is 403. The highest BCUT2D eigenvalue weighted by Gasteiger charge is 2.37. The lowest BCUT2D eigenvalue weighted by Gasteiger charge is -2.02. The highest BCUT2D eigenvalue weighted by atomic mass is 19.4. The van der Waals surface area contributed by atoms with Crippen LogP contribution in [0.2, 0.25) is 0 Å². The predicted octanol–water partition coefficient (Wildman–Crippen LogP) is 1.10. The number of aromatic nitrogens is 2. The van der Waals surface area contributed by atoms with E-state index in [-0.39, 0.29) is 4.57 Å². The van der Waals surface area contributed by atoms with Gasteiger partial charge in [0, 0.05) is 0 Å². The molecule has 7 heteroatoms. The van der Waals surface area contributed by atoms with Gasteiger partial charge in [0.05, 0.1) is 6.20 Å². The molecule has 13 heavy (non-hydrogen) atoms. The lowest BCUT2D eigenvalue weighted by atomic mass is 10.5. The molecule has 1 aromatic rings. The zero-order valence-electron chi connectivity index (χ0n) is 6.00. The monoisotopic (exact) mass is 186 g/mol. The Balaban J connectivity index is 3.32. The van der Waals surface area contributed by atoms with E-state index in [0.29, 0.717) is 0 Å². The molecule has 0 aliphatic carbocycles. The van der Waals surface area contributed by atoms with E-state index in [9.17, 15) is 13.2 Å². The molecule has 0 saturated heterocycles. The Morgan fingerprint density at radius 2 is 2.00 bits per heavy atom. The summed E-state index contributed by atoms with van der Waals surface area (Å²) in [5.41, 5.74) is -0.436. The molecule has 0 fully saturated rings. The van der Waals surface area contributed by atoms with E-state index in [4.69, 9.17) is 10.5 Å². The van der Waals surface area contributed by atoms with E-state index in [0.717, 1.165) is 6.20 Å². The molecule has 0 aromatic carbocycles. The smallest absolute Gasteiger partial charge is 0.231 e. The maximum absolute atomic E-state index is 12.0. The first-order chi connectivity index (χ1) is 5.99. The molecule has 1 heterocycles. The molecule has 0 N–H and O–H groups in total. The van der Waals surface area contributed by atoms with Crippen LogP contribution in [0.15, 0.2) is 6.20 Å². The van der Waals surface area contributed by atoms with E-state index < -0.39 is 17.7 Å². The second-order valence-corrected chi connectivity index (χ2v) is 2.03. The number of alkyl halides is 3. The summed E-state index contributed by atoms with van der Waals surface area (Å²) in [5, 5.41) is 16.5. The fraction of sp³-hybridized carbons (Fsp3) is 0.167. The van der Waals surface area contributed by atoms with Gasteiger partial charge in [0.2, 0.25) is 5.82 Å². The molecule has 0 amide bonds. The lowest BCUT2D eigenvalue weighted by molar-refractivity contribution is -0.145. The van der Waals surface area contributed by atoms with Crippen LogP contribution in [0, 0.1) is 22.8 Å². The quantitative estimate of drug-likeness (QED) is 0.609. The second kappa shape index (κ2) is 2.79. The normalized spacial score (nSPS) is 10.5. The number of halogens is 3. The summed E-state index contributed by atoms with van der Waals surface area (Å²) in [7, 11) is 0. The van der Waals surface area contributed by atoms with Crippen molar-refractivity contribution < 1.29 is 13.2 Å². The average Bonchev–Trinajstić information content (AvgIpc) is 2.46. The van der Waals surface area contributed by atoms with Gasteiger partial charge in [-0.3, -0.25) is 0 Å². The molecule has 66 valence electrons. The number of hydrogen-bond donors (Lipinski definition) is 0. The lowest BCUT2D eigenvalue weighted by Crippen LogP contribution is -2.12. The molecule has 4 nitrogen and oxygen atoms in total. The molecule has 0 unspecified atom stereocenters. The number of imidazole rings is 1. The molecule has 1 rings (SSSR count). The van der Waals surface area contributed by atoms with Crippen LogP contribution in [-0.4, -0.2) is 9.55 Å². The van der Waals surface area contributed by atoms with Crippen molar-refractivity contribution >= 4 is 0 Å². The van der Waals surface area contributed by atoms with Gasteiger partial charge >= 0.3 is 6.18 Å². The molecule has 0 bridgehead atoms. The van der Waals surface area contributed by atoms with Gasteiger partial charge in [0.25, 0.3) is 0 Å². The van der Waals surface area contributed by atoms with Gasteiger partial charge in [-0.05, 0) is 0 Å². The Morgan fingerprint density at radius 1 is 1.38 bits per heavy atom. The van der Waals surface area contributed by atoms with Crippen LogP contribution in [0.3, 0.4) is 0 Å². The molecule has 0 aliphatic heterocycles. The first-order valence-corrected chi connectivity index (χ1v) is 2.96. The Hall–Kier alpha value is -2.02. The zero-order chi connectivity index (χ0) is 10.1. The van der Waals surface area contributed by atoms with Crippen molar-refractivity contribution in [3.05, 3.63) is 17.7 Å². The van der Waals surface area contributed by atoms with Crippen molar-refractivity contribution in [1.29, 1.82) is 10.5 Å². The minimum absolute atomic E-state index is 0.207. The van der Waals surface area contributed by atoms with Crippen LogP contribution < -0.4 is 0 Å². The van der Waals surface area contributed by atoms with Crippen molar-refractivity contribution in [3.63, 3.8) is 0 Å². The van der Waals surface area contributed by atoms with E-state index in [1.807, 2.05) is 0 Å². The number of nitriles is 2. The Morgan fingerprint density at radius 3 is 2.31 bits per heavy atom. The van der Waals surface area contributed by atoms with Crippen LogP contribution in [0.1, 0.15) is 11.5 Å². The summed E-state index contributed by atoms with van der Waals surface area (Å²) in [5.74, 6) is -1.38. The Labute approximate surface area is 70.4 Å². The van der Waals surface area contributed by atoms with E-state index in [1.165, 1.54) is 12.3 Å². The number of rotatable bonds is 0. The fourth-order valence-corrected chi connectivity index (χ4v) is 0.710. The highest BCUT2D eigenvalue weighted by Crippen LogP contribution is 2.27. The first kappa shape index (κ1) is 9.07. The summed E-state index contributed by atoms with van der Waals surface area (Å²) in [6.45, 7) is 0. The molecule has 0 spiro atoms. The first-order valence-electron chi connectivity index (χ1n) is 2.96. The molecule has 0 saturated carbocycles. The maximum Gasteiger partial charge on any atom is 0.450 e. The van der Waals surface area contributed by atoms with E-state index >= 15 is 0 Å². The van der Waals surface area contributed by atoms with Crippen molar-refractivity contribution in [2.24, 2.45) is 0 Å². The minimum Gasteiger partial charge on any atom is -0.231 e. The maximum atomic E-state index is 12.0. The molecule has 1 aromatic heterocycles. The van der Waals surface area contributed by atoms with Crippen LogP contribution in [0.4, 0.5) is 13.2 Å². The SMILES string of the molecule is N#Cc1cn(C#N)c(C(F)(F)F)n1. The van der Waals surface area contributed by atoms with Crippen LogP contribution in [-0.2, 0) is 6.18 Å². The molecule has 0 aliphatic rings. The van der Waals surface area contributed by atoms with E-state index in [1.54, 1.807) is 0 Å². The summed E-state index contributed by atoms with van der Waals surface area (Å²) in [6, 6.07) is 1.41. The standard InChI is InChI=1S/C6HF3N4/c7-6(8,9)5-12-4(1-10)2-13(5)3-11/h2H. The van der Waals surface area contributed by atoms with Crippen LogP contribution in [0.5, 0.6) is 0 Å². The van der Waals surface area contributed by atoms with Crippen LogP contribution >= 0.6 is 0 Å². The third-order valence-corrected chi connectivity index (χ3v) is 1.18. The largest absolute Gasteiger partial charge is 0.450 e. The van der Waals surface area contributed by atoms with Gasteiger partial charge in [-0.2, -0.15) is 23.7 Å². The third kappa shape index (κ3) is 1.59. The van der Waals surface area contributed by atoms with Gasteiger partial charge in [0.15, 0.2) is 11.9 Å². The average molecular weight is 186 g/mol. The van der Waals surface area contributed by atoms with Crippen molar-refractivity contribution in [1.82, 2.24) is 9.55 Å². The summed E-state index contributed by atoms with van der Waals surface area (Å²) in [6.07, 6.45) is -2.75. The minimum atomic E-state index is -4.72. The van der Waals surface area contributed by atoms with E-state index in [2.05, 4.69) is 4.98 Å².